The van der Waals surface area contributed by atoms with Crippen molar-refractivity contribution in [2.75, 3.05) is 11.9 Å². The zero-order chi connectivity index (χ0) is 16.7. The van der Waals surface area contributed by atoms with Gasteiger partial charge in [-0.25, -0.2) is 0 Å². The van der Waals surface area contributed by atoms with Gasteiger partial charge in [-0.15, -0.1) is 0 Å². The van der Waals surface area contributed by atoms with Crippen LogP contribution >= 0.6 is 23.8 Å². The average Bonchev–Trinajstić information content (AvgIpc) is 2.56. The Balaban J connectivity index is 2.19. The van der Waals surface area contributed by atoms with E-state index in [9.17, 15) is 5.26 Å². The van der Waals surface area contributed by atoms with Crippen LogP contribution in [0.2, 0.25) is 5.02 Å². The lowest BCUT2D eigenvalue weighted by atomic mass is 9.92. The van der Waals surface area contributed by atoms with Crippen LogP contribution in [0, 0.1) is 11.3 Å². The quantitative estimate of drug-likeness (QED) is 0.773. The molecule has 0 fully saturated rings. The monoisotopic (exact) mass is 343 g/mol. The molecule has 2 N–H and O–H groups in total. The van der Waals surface area contributed by atoms with Crippen molar-refractivity contribution in [3.05, 3.63) is 64.7 Å². The van der Waals surface area contributed by atoms with Gasteiger partial charge in [-0.2, -0.15) is 5.26 Å². The van der Waals surface area contributed by atoms with E-state index in [1.807, 2.05) is 42.5 Å². The highest BCUT2D eigenvalue weighted by Gasteiger charge is 2.16. The van der Waals surface area contributed by atoms with Crippen molar-refractivity contribution in [2.24, 2.45) is 0 Å². The van der Waals surface area contributed by atoms with Crippen LogP contribution in [0.1, 0.15) is 30.4 Å². The second-order valence-corrected chi connectivity index (χ2v) is 5.91. The molecule has 2 aromatic carbocycles. The number of hydrogen-bond donors (Lipinski definition) is 2. The minimum Gasteiger partial charge on any atom is -0.362 e. The lowest BCUT2D eigenvalue weighted by Crippen LogP contribution is -2.28. The maximum atomic E-state index is 9.51. The second kappa shape index (κ2) is 8.52. The molecule has 0 aliphatic carbocycles. The van der Waals surface area contributed by atoms with E-state index in [0.29, 0.717) is 10.1 Å². The summed E-state index contributed by atoms with van der Waals surface area (Å²) in [6.07, 6.45) is 1.00. The molecular formula is C18H18ClN3S. The Hall–Kier alpha value is -2.09. The van der Waals surface area contributed by atoms with Crippen molar-refractivity contribution in [1.82, 2.24) is 5.32 Å². The van der Waals surface area contributed by atoms with Gasteiger partial charge in [0.15, 0.2) is 5.11 Å². The molecular weight excluding hydrogens is 326 g/mol. The minimum absolute atomic E-state index is 0.386. The SMILES string of the molecule is CCCNC(=S)Nc1ccc([C@@H](C#N)c2ccccc2)c(Cl)c1. The Kier molecular flexibility index (Phi) is 6.40. The van der Waals surface area contributed by atoms with Gasteiger partial charge in [-0.1, -0.05) is 54.9 Å². The normalized spacial score (nSPS) is 11.3. The standard InChI is InChI=1S/C18H18ClN3S/c1-2-10-21-18(23)22-14-8-9-15(17(19)11-14)16(12-20)13-6-4-3-5-7-13/h3-9,11,16H,2,10H2,1H3,(H2,21,22,23)/t16-/m0/s1. The van der Waals surface area contributed by atoms with Crippen LogP contribution in [0.4, 0.5) is 5.69 Å². The average molecular weight is 344 g/mol. The van der Waals surface area contributed by atoms with E-state index < -0.39 is 0 Å². The van der Waals surface area contributed by atoms with Gasteiger partial charge >= 0.3 is 0 Å². The number of nitrogens with zero attached hydrogens (tertiary/aromatic N) is 1. The number of nitriles is 1. The molecule has 5 heteroatoms. The lowest BCUT2D eigenvalue weighted by molar-refractivity contribution is 0.846. The second-order valence-electron chi connectivity index (χ2n) is 5.09. The van der Waals surface area contributed by atoms with Crippen molar-refractivity contribution >= 4 is 34.6 Å². The molecule has 0 radical (unpaired) electrons. The molecule has 2 aromatic rings. The van der Waals surface area contributed by atoms with Gasteiger partial charge in [0.05, 0.1) is 12.0 Å². The molecule has 0 unspecified atom stereocenters. The van der Waals surface area contributed by atoms with Crippen LogP contribution in [-0.2, 0) is 0 Å². The fraction of sp³-hybridized carbons (Fsp3) is 0.222. The Labute approximate surface area is 147 Å². The topological polar surface area (TPSA) is 47.8 Å². The van der Waals surface area contributed by atoms with Crippen molar-refractivity contribution in [2.45, 2.75) is 19.3 Å². The Morgan fingerprint density at radius 1 is 1.26 bits per heavy atom. The van der Waals surface area contributed by atoms with Crippen LogP contribution < -0.4 is 10.6 Å². The molecule has 3 nitrogen and oxygen atoms in total. The summed E-state index contributed by atoms with van der Waals surface area (Å²) in [4.78, 5) is 0. The van der Waals surface area contributed by atoms with E-state index in [1.54, 1.807) is 6.07 Å². The van der Waals surface area contributed by atoms with Gasteiger partial charge in [0.1, 0.15) is 0 Å². The van der Waals surface area contributed by atoms with Gasteiger partial charge in [0.2, 0.25) is 0 Å². The van der Waals surface area contributed by atoms with Crippen LogP contribution in [-0.4, -0.2) is 11.7 Å². The summed E-state index contributed by atoms with van der Waals surface area (Å²) in [7, 11) is 0. The molecule has 0 saturated carbocycles. The molecule has 23 heavy (non-hydrogen) atoms. The summed E-state index contributed by atoms with van der Waals surface area (Å²) in [5.41, 5.74) is 2.52. The Morgan fingerprint density at radius 2 is 2.00 bits per heavy atom. The van der Waals surface area contributed by atoms with Crippen LogP contribution in [0.3, 0.4) is 0 Å². The minimum atomic E-state index is -0.386. The summed E-state index contributed by atoms with van der Waals surface area (Å²) in [5.74, 6) is -0.386. The van der Waals surface area contributed by atoms with Crippen LogP contribution in [0.15, 0.2) is 48.5 Å². The van der Waals surface area contributed by atoms with Crippen molar-refractivity contribution in [3.8, 4) is 6.07 Å². The maximum Gasteiger partial charge on any atom is 0.170 e. The smallest absolute Gasteiger partial charge is 0.170 e. The predicted octanol–water partition coefficient (Wildman–Crippen LogP) is 4.69. The summed E-state index contributed by atoms with van der Waals surface area (Å²) in [6.45, 7) is 2.90. The van der Waals surface area contributed by atoms with Gasteiger partial charge in [0.25, 0.3) is 0 Å². The number of anilines is 1. The van der Waals surface area contributed by atoms with Crippen molar-refractivity contribution in [3.63, 3.8) is 0 Å². The third-order valence-corrected chi connectivity index (χ3v) is 3.94. The number of benzene rings is 2. The van der Waals surface area contributed by atoms with Crippen LogP contribution in [0.25, 0.3) is 0 Å². The van der Waals surface area contributed by atoms with E-state index in [1.165, 1.54) is 0 Å². The highest BCUT2D eigenvalue weighted by Crippen LogP contribution is 2.31. The summed E-state index contributed by atoms with van der Waals surface area (Å²) in [6, 6.07) is 17.5. The van der Waals surface area contributed by atoms with Gasteiger partial charge in [-0.3, -0.25) is 0 Å². The van der Waals surface area contributed by atoms with Gasteiger partial charge in [0, 0.05) is 17.3 Å². The largest absolute Gasteiger partial charge is 0.362 e. The molecule has 2 rings (SSSR count). The van der Waals surface area contributed by atoms with Crippen molar-refractivity contribution < 1.29 is 0 Å². The Morgan fingerprint density at radius 3 is 2.61 bits per heavy atom. The number of thiocarbonyl (C=S) groups is 1. The lowest BCUT2D eigenvalue weighted by Gasteiger charge is -2.14. The zero-order valence-electron chi connectivity index (χ0n) is 12.8. The first-order chi connectivity index (χ1) is 11.2. The number of halogens is 1. The number of nitrogens with one attached hydrogen (secondary N) is 2. The molecule has 0 saturated heterocycles. The van der Waals surface area contributed by atoms with Crippen LogP contribution in [0.5, 0.6) is 0 Å². The molecule has 0 bridgehead atoms. The van der Waals surface area contributed by atoms with Gasteiger partial charge < -0.3 is 10.6 Å². The zero-order valence-corrected chi connectivity index (χ0v) is 14.4. The van der Waals surface area contributed by atoms with E-state index in [4.69, 9.17) is 23.8 Å². The van der Waals surface area contributed by atoms with E-state index in [0.717, 1.165) is 29.8 Å². The third kappa shape index (κ3) is 4.69. The Bertz CT molecular complexity index is 710. The number of rotatable bonds is 5. The predicted molar refractivity (Wildman–Crippen MR) is 99.9 cm³/mol. The van der Waals surface area contributed by atoms with E-state index >= 15 is 0 Å². The third-order valence-electron chi connectivity index (χ3n) is 3.37. The van der Waals surface area contributed by atoms with Crippen molar-refractivity contribution in [1.29, 1.82) is 5.26 Å². The summed E-state index contributed by atoms with van der Waals surface area (Å²) in [5, 5.41) is 16.8. The van der Waals surface area contributed by atoms with E-state index in [2.05, 4.69) is 23.6 Å². The molecule has 118 valence electrons. The molecule has 0 amide bonds. The highest BCUT2D eigenvalue weighted by atomic mass is 35.5. The first-order valence-electron chi connectivity index (χ1n) is 7.44. The highest BCUT2D eigenvalue weighted by molar-refractivity contribution is 7.80. The number of hydrogen-bond acceptors (Lipinski definition) is 2. The summed E-state index contributed by atoms with van der Waals surface area (Å²) >= 11 is 11.6. The molecule has 0 aliphatic heterocycles. The first-order valence-corrected chi connectivity index (χ1v) is 8.23. The van der Waals surface area contributed by atoms with Gasteiger partial charge in [-0.05, 0) is 41.9 Å². The fourth-order valence-electron chi connectivity index (χ4n) is 2.22. The fourth-order valence-corrected chi connectivity index (χ4v) is 2.73. The molecule has 0 spiro atoms. The molecule has 0 aromatic heterocycles. The van der Waals surface area contributed by atoms with E-state index in [-0.39, 0.29) is 5.92 Å². The first kappa shape index (κ1) is 17.3. The maximum absolute atomic E-state index is 9.51. The molecule has 0 heterocycles. The summed E-state index contributed by atoms with van der Waals surface area (Å²) < 4.78 is 0. The molecule has 1 atom stereocenters. The molecule has 0 aliphatic rings.